The van der Waals surface area contributed by atoms with Gasteiger partial charge in [-0.05, 0) is 61.8 Å². The van der Waals surface area contributed by atoms with Gasteiger partial charge in [-0.15, -0.1) is 22.0 Å². The van der Waals surface area contributed by atoms with Crippen LogP contribution in [0, 0.1) is 0 Å². The van der Waals surface area contributed by atoms with E-state index in [1.807, 2.05) is 60.0 Å². The number of carbonyl (C=O) groups excluding carboxylic acids is 1. The molecule has 1 amide bonds. The fourth-order valence-electron chi connectivity index (χ4n) is 2.66. The zero-order chi connectivity index (χ0) is 19.2. The average Bonchev–Trinajstić information content (AvgIpc) is 3.10. The second-order valence-electron chi connectivity index (χ2n) is 6.04. The van der Waals surface area contributed by atoms with E-state index in [0.29, 0.717) is 0 Å². The van der Waals surface area contributed by atoms with Crippen molar-refractivity contribution >= 4 is 51.0 Å². The Morgan fingerprint density at radius 1 is 1.22 bits per heavy atom. The molecule has 2 heterocycles. The summed E-state index contributed by atoms with van der Waals surface area (Å²) in [4.78, 5) is 13.9. The number of hydrogen-bond acceptors (Lipinski definition) is 5. The summed E-state index contributed by atoms with van der Waals surface area (Å²) in [6, 6.07) is 13.6. The topological polar surface area (TPSA) is 59.3 Å². The quantitative estimate of drug-likeness (QED) is 0.494. The number of rotatable bonds is 8. The van der Waals surface area contributed by atoms with E-state index in [1.54, 1.807) is 23.5 Å². The van der Waals surface area contributed by atoms with E-state index in [1.165, 1.54) is 0 Å². The van der Waals surface area contributed by atoms with Crippen molar-refractivity contribution in [2.75, 3.05) is 12.0 Å². The van der Waals surface area contributed by atoms with Crippen molar-refractivity contribution in [3.05, 3.63) is 59.0 Å². The Bertz CT molecular complexity index is 900. The lowest BCUT2D eigenvalue weighted by Crippen LogP contribution is -2.35. The molecular formula is C19H21BrN4OS2. The molecule has 27 heavy (non-hydrogen) atoms. The first kappa shape index (κ1) is 20.2. The fraction of sp³-hybridized carbons (Fsp3) is 0.316. The summed E-state index contributed by atoms with van der Waals surface area (Å²) >= 11 is 6.73. The number of halogens is 1. The second kappa shape index (κ2) is 9.61. The Morgan fingerprint density at radius 2 is 2.00 bits per heavy atom. The first-order valence-electron chi connectivity index (χ1n) is 8.59. The van der Waals surface area contributed by atoms with Gasteiger partial charge < -0.3 is 5.32 Å². The van der Waals surface area contributed by atoms with Crippen molar-refractivity contribution in [3.8, 4) is 0 Å². The SMILES string of the molecule is CSCCC(NC(=O)C(C)Sc1ccc(Br)cc1)c1nnc2ccccn12. The third-order valence-electron chi connectivity index (χ3n) is 4.07. The van der Waals surface area contributed by atoms with Gasteiger partial charge >= 0.3 is 0 Å². The van der Waals surface area contributed by atoms with Gasteiger partial charge in [-0.2, -0.15) is 11.8 Å². The zero-order valence-electron chi connectivity index (χ0n) is 15.1. The van der Waals surface area contributed by atoms with Crippen LogP contribution in [-0.4, -0.2) is 37.8 Å². The lowest BCUT2D eigenvalue weighted by atomic mass is 10.2. The number of thioether (sulfide) groups is 2. The van der Waals surface area contributed by atoms with Crippen molar-refractivity contribution in [3.63, 3.8) is 0 Å². The van der Waals surface area contributed by atoms with Crippen LogP contribution in [0.15, 0.2) is 58.0 Å². The van der Waals surface area contributed by atoms with Gasteiger partial charge in [-0.3, -0.25) is 9.20 Å². The van der Waals surface area contributed by atoms with Crippen LogP contribution in [0.1, 0.15) is 25.2 Å². The maximum absolute atomic E-state index is 12.8. The molecule has 3 aromatic rings. The van der Waals surface area contributed by atoms with Crippen LogP contribution in [0.25, 0.3) is 5.65 Å². The number of hydrogen-bond donors (Lipinski definition) is 1. The summed E-state index contributed by atoms with van der Waals surface area (Å²) in [6.07, 6.45) is 4.80. The number of aromatic nitrogens is 3. The lowest BCUT2D eigenvalue weighted by molar-refractivity contribution is -0.121. The molecule has 1 N–H and O–H groups in total. The minimum absolute atomic E-state index is 0.00158. The maximum Gasteiger partial charge on any atom is 0.233 e. The Morgan fingerprint density at radius 3 is 2.74 bits per heavy atom. The van der Waals surface area contributed by atoms with Gasteiger partial charge in [0.15, 0.2) is 11.5 Å². The molecule has 3 rings (SSSR count). The molecule has 0 spiro atoms. The molecular weight excluding hydrogens is 444 g/mol. The summed E-state index contributed by atoms with van der Waals surface area (Å²) in [5, 5.41) is 11.5. The molecule has 0 saturated carbocycles. The molecule has 0 aliphatic rings. The van der Waals surface area contributed by atoms with Gasteiger partial charge in [-0.25, -0.2) is 0 Å². The maximum atomic E-state index is 12.8. The first-order valence-corrected chi connectivity index (χ1v) is 11.7. The van der Waals surface area contributed by atoms with Crippen LogP contribution in [-0.2, 0) is 4.79 Å². The van der Waals surface area contributed by atoms with E-state index in [-0.39, 0.29) is 17.2 Å². The third-order valence-corrected chi connectivity index (χ3v) is 6.36. The van der Waals surface area contributed by atoms with Crippen molar-refractivity contribution in [1.82, 2.24) is 19.9 Å². The fourth-order valence-corrected chi connectivity index (χ4v) is 4.27. The minimum atomic E-state index is -0.206. The molecule has 0 aliphatic heterocycles. The predicted octanol–water partition coefficient (Wildman–Crippen LogP) is 4.58. The highest BCUT2D eigenvalue weighted by atomic mass is 79.9. The summed E-state index contributed by atoms with van der Waals surface area (Å²) in [6.45, 7) is 1.93. The number of nitrogens with zero attached hydrogens (tertiary/aromatic N) is 3. The molecule has 142 valence electrons. The number of fused-ring (bicyclic) bond motifs is 1. The van der Waals surface area contributed by atoms with Crippen molar-refractivity contribution in [2.45, 2.75) is 29.5 Å². The Hall–Kier alpha value is -1.51. The van der Waals surface area contributed by atoms with Gasteiger partial charge in [0.2, 0.25) is 5.91 Å². The predicted molar refractivity (Wildman–Crippen MR) is 116 cm³/mol. The summed E-state index contributed by atoms with van der Waals surface area (Å²) in [5.41, 5.74) is 0.785. The number of benzene rings is 1. The smallest absolute Gasteiger partial charge is 0.233 e. The highest BCUT2D eigenvalue weighted by Crippen LogP contribution is 2.26. The third kappa shape index (κ3) is 5.27. The van der Waals surface area contributed by atoms with Crippen LogP contribution < -0.4 is 5.32 Å². The molecule has 0 radical (unpaired) electrons. The Labute approximate surface area is 175 Å². The summed E-state index contributed by atoms with van der Waals surface area (Å²) in [5.74, 6) is 1.71. The second-order valence-corrected chi connectivity index (χ2v) is 9.36. The van der Waals surface area contributed by atoms with Crippen LogP contribution in [0.4, 0.5) is 0 Å². The van der Waals surface area contributed by atoms with E-state index in [4.69, 9.17) is 0 Å². The Balaban J connectivity index is 1.73. The lowest BCUT2D eigenvalue weighted by Gasteiger charge is -2.19. The zero-order valence-corrected chi connectivity index (χ0v) is 18.4. The van der Waals surface area contributed by atoms with Crippen LogP contribution in [0.3, 0.4) is 0 Å². The molecule has 2 unspecified atom stereocenters. The van der Waals surface area contributed by atoms with Crippen LogP contribution in [0.2, 0.25) is 0 Å². The van der Waals surface area contributed by atoms with Gasteiger partial charge in [0.25, 0.3) is 0 Å². The molecule has 0 bridgehead atoms. The number of nitrogens with one attached hydrogen (secondary N) is 1. The average molecular weight is 465 g/mol. The van der Waals surface area contributed by atoms with E-state index in [9.17, 15) is 4.79 Å². The summed E-state index contributed by atoms with van der Waals surface area (Å²) in [7, 11) is 0. The van der Waals surface area contributed by atoms with Gasteiger partial charge in [-0.1, -0.05) is 22.0 Å². The van der Waals surface area contributed by atoms with E-state index in [2.05, 4.69) is 37.7 Å². The molecule has 2 atom stereocenters. The van der Waals surface area contributed by atoms with Crippen molar-refractivity contribution in [1.29, 1.82) is 0 Å². The molecule has 8 heteroatoms. The summed E-state index contributed by atoms with van der Waals surface area (Å²) < 4.78 is 2.97. The van der Waals surface area contributed by atoms with E-state index in [0.717, 1.165) is 33.0 Å². The van der Waals surface area contributed by atoms with E-state index >= 15 is 0 Å². The van der Waals surface area contributed by atoms with E-state index < -0.39 is 0 Å². The monoisotopic (exact) mass is 464 g/mol. The van der Waals surface area contributed by atoms with Crippen molar-refractivity contribution < 1.29 is 4.79 Å². The number of carbonyl (C=O) groups is 1. The standard InChI is InChI=1S/C19H21BrN4OS2/c1-13(27-15-8-6-14(20)7-9-15)19(25)21-16(10-12-26-2)18-23-22-17-5-3-4-11-24(17)18/h3-9,11,13,16H,10,12H2,1-2H3,(H,21,25). The van der Waals surface area contributed by atoms with Gasteiger partial charge in [0.1, 0.15) is 0 Å². The normalized spacial score (nSPS) is 13.4. The minimum Gasteiger partial charge on any atom is -0.345 e. The molecule has 0 fully saturated rings. The number of amides is 1. The molecule has 5 nitrogen and oxygen atoms in total. The van der Waals surface area contributed by atoms with Crippen LogP contribution in [0.5, 0.6) is 0 Å². The van der Waals surface area contributed by atoms with Crippen LogP contribution >= 0.6 is 39.5 Å². The molecule has 0 saturated heterocycles. The molecule has 0 aliphatic carbocycles. The highest BCUT2D eigenvalue weighted by molar-refractivity contribution is 9.10. The molecule has 1 aromatic carbocycles. The number of pyridine rings is 1. The first-order chi connectivity index (χ1) is 13.1. The highest BCUT2D eigenvalue weighted by Gasteiger charge is 2.23. The van der Waals surface area contributed by atoms with Gasteiger partial charge in [0.05, 0.1) is 11.3 Å². The largest absolute Gasteiger partial charge is 0.345 e. The van der Waals surface area contributed by atoms with Crippen molar-refractivity contribution in [2.24, 2.45) is 0 Å². The Kier molecular flexibility index (Phi) is 7.20. The molecule has 2 aromatic heterocycles. The van der Waals surface area contributed by atoms with Gasteiger partial charge in [0, 0.05) is 15.6 Å².